The molecule has 1 aromatic rings. The Bertz CT molecular complexity index is 404. The lowest BCUT2D eigenvalue weighted by molar-refractivity contribution is -0.123. The van der Waals surface area contributed by atoms with Crippen LogP contribution >= 0.6 is 0 Å². The molecule has 1 heterocycles. The van der Waals surface area contributed by atoms with Gasteiger partial charge in [-0.05, 0) is 25.0 Å². The van der Waals surface area contributed by atoms with Crippen LogP contribution in [0.3, 0.4) is 0 Å². The van der Waals surface area contributed by atoms with Crippen molar-refractivity contribution < 1.29 is 4.79 Å². The Kier molecular flexibility index (Phi) is 5.42. The molecule has 1 aromatic heterocycles. The minimum Gasteiger partial charge on any atom is -0.396 e. The van der Waals surface area contributed by atoms with Gasteiger partial charge in [0.1, 0.15) is 5.82 Å². The highest BCUT2D eigenvalue weighted by molar-refractivity contribution is 5.77. The largest absolute Gasteiger partial charge is 0.396 e. The molecule has 5 heteroatoms. The van der Waals surface area contributed by atoms with Crippen LogP contribution in [-0.2, 0) is 4.79 Å². The Morgan fingerprint density at radius 3 is 2.83 bits per heavy atom. The molecule has 1 rings (SSSR count). The molecule has 0 saturated carbocycles. The molecule has 0 fully saturated rings. The summed E-state index contributed by atoms with van der Waals surface area (Å²) in [4.78, 5) is 15.5. The summed E-state index contributed by atoms with van der Waals surface area (Å²) in [6, 6.07) is 1.88. The fourth-order valence-corrected chi connectivity index (χ4v) is 1.42. The smallest absolute Gasteiger partial charge is 0.222 e. The molecule has 100 valence electrons. The standard InChI is InChI=1S/C13H22N4O/c1-9(2)13(18)17-7-4-6-15-12-11(14)10(3)5-8-16-12/h5,8-9H,4,6-7,14H2,1-3H3,(H,15,16)(H,17,18). The molecule has 1 amide bonds. The van der Waals surface area contributed by atoms with Crippen LogP contribution in [0.2, 0.25) is 0 Å². The Hall–Kier alpha value is -1.78. The second-order valence-electron chi connectivity index (χ2n) is 4.62. The van der Waals surface area contributed by atoms with Gasteiger partial charge in [-0.2, -0.15) is 0 Å². The van der Waals surface area contributed by atoms with Gasteiger partial charge in [0.25, 0.3) is 0 Å². The van der Waals surface area contributed by atoms with Crippen molar-refractivity contribution in [2.24, 2.45) is 5.92 Å². The third kappa shape index (κ3) is 4.24. The third-order valence-corrected chi connectivity index (χ3v) is 2.68. The van der Waals surface area contributed by atoms with Crippen molar-refractivity contribution in [2.75, 3.05) is 24.1 Å². The number of nitrogens with two attached hydrogens (primary N) is 1. The molecule has 0 spiro atoms. The second-order valence-corrected chi connectivity index (χ2v) is 4.62. The number of nitrogens with zero attached hydrogens (tertiary/aromatic N) is 1. The highest BCUT2D eigenvalue weighted by atomic mass is 16.1. The number of nitrogens with one attached hydrogen (secondary N) is 2. The monoisotopic (exact) mass is 250 g/mol. The molecule has 18 heavy (non-hydrogen) atoms. The van der Waals surface area contributed by atoms with Crippen molar-refractivity contribution in [3.63, 3.8) is 0 Å². The zero-order valence-corrected chi connectivity index (χ0v) is 11.3. The quantitative estimate of drug-likeness (QED) is 0.669. The Labute approximate surface area is 108 Å². The van der Waals surface area contributed by atoms with Crippen molar-refractivity contribution in [1.29, 1.82) is 0 Å². The summed E-state index contributed by atoms with van der Waals surface area (Å²) in [6.07, 6.45) is 2.57. The SMILES string of the molecule is Cc1ccnc(NCCCNC(=O)C(C)C)c1N. The molecular weight excluding hydrogens is 228 g/mol. The van der Waals surface area contributed by atoms with Gasteiger partial charge < -0.3 is 16.4 Å². The van der Waals surface area contributed by atoms with E-state index in [1.165, 1.54) is 0 Å². The van der Waals surface area contributed by atoms with Crippen LogP contribution < -0.4 is 16.4 Å². The number of hydrogen-bond acceptors (Lipinski definition) is 4. The van der Waals surface area contributed by atoms with Crippen LogP contribution in [-0.4, -0.2) is 24.0 Å². The average Bonchev–Trinajstić information content (AvgIpc) is 2.33. The van der Waals surface area contributed by atoms with E-state index < -0.39 is 0 Å². The van der Waals surface area contributed by atoms with E-state index in [4.69, 9.17) is 5.73 Å². The maximum Gasteiger partial charge on any atom is 0.222 e. The fourth-order valence-electron chi connectivity index (χ4n) is 1.42. The summed E-state index contributed by atoms with van der Waals surface area (Å²) in [5, 5.41) is 6.03. The Morgan fingerprint density at radius 2 is 2.17 bits per heavy atom. The molecule has 0 saturated heterocycles. The normalized spacial score (nSPS) is 10.4. The van der Waals surface area contributed by atoms with E-state index >= 15 is 0 Å². The highest BCUT2D eigenvalue weighted by Crippen LogP contribution is 2.18. The minimum atomic E-state index is 0.0343. The average molecular weight is 250 g/mol. The number of pyridine rings is 1. The van der Waals surface area contributed by atoms with E-state index in [9.17, 15) is 4.79 Å². The molecule has 0 aliphatic rings. The van der Waals surface area contributed by atoms with Gasteiger partial charge in [-0.3, -0.25) is 4.79 Å². The number of nitrogen functional groups attached to an aromatic ring is 1. The van der Waals surface area contributed by atoms with Gasteiger partial charge in [0.05, 0.1) is 5.69 Å². The number of carbonyl (C=O) groups excluding carboxylic acids is 1. The van der Waals surface area contributed by atoms with Gasteiger partial charge in [0.2, 0.25) is 5.91 Å². The highest BCUT2D eigenvalue weighted by Gasteiger charge is 2.05. The predicted molar refractivity (Wildman–Crippen MR) is 74.3 cm³/mol. The predicted octanol–water partition coefficient (Wildman–Crippen LogP) is 1.55. The lowest BCUT2D eigenvalue weighted by Crippen LogP contribution is -2.29. The fraction of sp³-hybridized carbons (Fsp3) is 0.538. The molecule has 0 aromatic carbocycles. The zero-order chi connectivity index (χ0) is 13.5. The van der Waals surface area contributed by atoms with Crippen molar-refractivity contribution in [3.05, 3.63) is 17.8 Å². The van der Waals surface area contributed by atoms with Gasteiger partial charge in [-0.25, -0.2) is 4.98 Å². The molecule has 4 N–H and O–H groups in total. The van der Waals surface area contributed by atoms with E-state index in [1.807, 2.05) is 26.8 Å². The van der Waals surface area contributed by atoms with E-state index in [0.29, 0.717) is 18.1 Å². The van der Waals surface area contributed by atoms with E-state index in [-0.39, 0.29) is 11.8 Å². The number of hydrogen-bond donors (Lipinski definition) is 3. The number of anilines is 2. The lowest BCUT2D eigenvalue weighted by Gasteiger charge is -2.10. The van der Waals surface area contributed by atoms with Crippen molar-refractivity contribution in [2.45, 2.75) is 27.2 Å². The first-order chi connectivity index (χ1) is 8.52. The van der Waals surface area contributed by atoms with Crippen LogP contribution in [0.4, 0.5) is 11.5 Å². The number of carbonyl (C=O) groups is 1. The molecular formula is C13H22N4O. The summed E-state index contributed by atoms with van der Waals surface area (Å²) in [7, 11) is 0. The Balaban J connectivity index is 2.26. The Morgan fingerprint density at radius 1 is 1.44 bits per heavy atom. The van der Waals surface area contributed by atoms with Crippen molar-refractivity contribution >= 4 is 17.4 Å². The summed E-state index contributed by atoms with van der Waals surface area (Å²) in [5.74, 6) is 0.834. The summed E-state index contributed by atoms with van der Waals surface area (Å²) in [5.41, 5.74) is 7.59. The first-order valence-corrected chi connectivity index (χ1v) is 6.25. The molecule has 5 nitrogen and oxygen atoms in total. The minimum absolute atomic E-state index is 0.0343. The number of amides is 1. The van der Waals surface area contributed by atoms with Crippen LogP contribution in [0.1, 0.15) is 25.8 Å². The molecule has 0 aliphatic heterocycles. The first-order valence-electron chi connectivity index (χ1n) is 6.25. The summed E-state index contributed by atoms with van der Waals surface area (Å²) < 4.78 is 0. The topological polar surface area (TPSA) is 80.0 Å². The van der Waals surface area contributed by atoms with E-state index in [0.717, 1.165) is 18.5 Å². The molecule has 0 atom stereocenters. The second kappa shape index (κ2) is 6.83. The zero-order valence-electron chi connectivity index (χ0n) is 11.3. The first kappa shape index (κ1) is 14.3. The number of rotatable bonds is 6. The van der Waals surface area contributed by atoms with Gasteiger partial charge in [0.15, 0.2) is 0 Å². The van der Waals surface area contributed by atoms with Crippen molar-refractivity contribution in [1.82, 2.24) is 10.3 Å². The van der Waals surface area contributed by atoms with Gasteiger partial charge >= 0.3 is 0 Å². The van der Waals surface area contributed by atoms with Crippen LogP contribution in [0.15, 0.2) is 12.3 Å². The van der Waals surface area contributed by atoms with Gasteiger partial charge in [-0.1, -0.05) is 13.8 Å². The van der Waals surface area contributed by atoms with Crippen LogP contribution in [0, 0.1) is 12.8 Å². The van der Waals surface area contributed by atoms with E-state index in [1.54, 1.807) is 6.20 Å². The molecule has 0 aliphatic carbocycles. The van der Waals surface area contributed by atoms with Gasteiger partial charge in [0, 0.05) is 25.2 Å². The van der Waals surface area contributed by atoms with Crippen LogP contribution in [0.25, 0.3) is 0 Å². The molecule has 0 radical (unpaired) electrons. The molecule has 0 unspecified atom stereocenters. The van der Waals surface area contributed by atoms with Crippen LogP contribution in [0.5, 0.6) is 0 Å². The maximum absolute atomic E-state index is 11.3. The van der Waals surface area contributed by atoms with E-state index in [2.05, 4.69) is 15.6 Å². The number of aryl methyl sites for hydroxylation is 1. The molecule has 0 bridgehead atoms. The third-order valence-electron chi connectivity index (χ3n) is 2.68. The van der Waals surface area contributed by atoms with Crippen molar-refractivity contribution in [3.8, 4) is 0 Å². The van der Waals surface area contributed by atoms with Gasteiger partial charge in [-0.15, -0.1) is 0 Å². The summed E-state index contributed by atoms with van der Waals surface area (Å²) in [6.45, 7) is 7.11. The summed E-state index contributed by atoms with van der Waals surface area (Å²) >= 11 is 0. The maximum atomic E-state index is 11.3. The number of aromatic nitrogens is 1. The lowest BCUT2D eigenvalue weighted by atomic mass is 10.2.